The number of amides is 8. The molecule has 8 amide bonds. The molecule has 2 aromatic carbocycles. The Labute approximate surface area is 399 Å². The van der Waals surface area contributed by atoms with E-state index in [-0.39, 0.29) is 68.6 Å². The highest BCUT2D eigenvalue weighted by Gasteiger charge is 2.34. The topological polar surface area (TPSA) is 417 Å². The zero-order valence-corrected chi connectivity index (χ0v) is 39.3. The number of rotatable bonds is 30. The van der Waals surface area contributed by atoms with Crippen molar-refractivity contribution in [3.05, 3.63) is 65.7 Å². The van der Waals surface area contributed by atoms with Crippen molar-refractivity contribution in [3.8, 4) is 5.75 Å². The van der Waals surface area contributed by atoms with Crippen molar-refractivity contribution in [3.63, 3.8) is 0 Å². The second-order valence-electron chi connectivity index (χ2n) is 17.3. The van der Waals surface area contributed by atoms with Gasteiger partial charge in [-0.25, -0.2) is 0 Å². The normalized spacial score (nSPS) is 14.0. The van der Waals surface area contributed by atoms with E-state index < -0.39 is 115 Å². The molecule has 0 aliphatic heterocycles. The van der Waals surface area contributed by atoms with E-state index in [0.717, 1.165) is 0 Å². The van der Waals surface area contributed by atoms with Crippen molar-refractivity contribution >= 4 is 59.2 Å². The molecule has 380 valence electrons. The number of aliphatic hydroxyl groups excluding tert-OH is 1. The van der Waals surface area contributed by atoms with Crippen LogP contribution < -0.4 is 65.1 Å². The van der Waals surface area contributed by atoms with Crippen LogP contribution in [-0.4, -0.2) is 136 Å². The van der Waals surface area contributed by atoms with Crippen LogP contribution in [0.4, 0.5) is 0 Å². The number of primary amides is 1. The van der Waals surface area contributed by atoms with Crippen LogP contribution in [0, 0.1) is 11.8 Å². The van der Waals surface area contributed by atoms with Crippen LogP contribution in [0.15, 0.2) is 54.6 Å². The molecule has 69 heavy (non-hydrogen) atoms. The van der Waals surface area contributed by atoms with E-state index in [4.69, 9.17) is 28.0 Å². The van der Waals surface area contributed by atoms with E-state index in [9.17, 15) is 53.4 Å². The fourth-order valence-corrected chi connectivity index (χ4v) is 6.74. The third kappa shape index (κ3) is 22.3. The molecule has 19 N–H and O–H groups in total. The van der Waals surface area contributed by atoms with Crippen molar-refractivity contribution in [1.29, 1.82) is 0 Å². The van der Waals surface area contributed by atoms with Gasteiger partial charge in [0.2, 0.25) is 47.3 Å². The molecule has 2 aromatic rings. The van der Waals surface area contributed by atoms with Crippen LogP contribution in [0.25, 0.3) is 0 Å². The summed E-state index contributed by atoms with van der Waals surface area (Å²) in [6, 6.07) is 4.42. The van der Waals surface area contributed by atoms with Gasteiger partial charge in [0.25, 0.3) is 0 Å². The van der Waals surface area contributed by atoms with Crippen LogP contribution >= 0.6 is 0 Å². The van der Waals surface area contributed by atoms with Crippen LogP contribution in [0.3, 0.4) is 0 Å². The first-order chi connectivity index (χ1) is 32.5. The number of carbonyl (C=O) groups is 9. The number of carboxylic acids is 1. The molecule has 0 aromatic heterocycles. The summed E-state index contributed by atoms with van der Waals surface area (Å²) < 4.78 is 0. The molecule has 24 nitrogen and oxygen atoms in total. The molecule has 0 fully saturated rings. The Morgan fingerprint density at radius 1 is 0.594 bits per heavy atom. The minimum atomic E-state index is -1.71. The Morgan fingerprint density at radius 2 is 1.07 bits per heavy atom. The average Bonchev–Trinajstić information content (AvgIpc) is 3.27. The molecular weight excluding hydrogens is 901 g/mol. The molecule has 0 heterocycles. The third-order valence-electron chi connectivity index (χ3n) is 10.3. The number of aliphatic hydroxyl groups is 1. The van der Waals surface area contributed by atoms with Crippen molar-refractivity contribution in [2.45, 2.75) is 115 Å². The lowest BCUT2D eigenvalue weighted by Gasteiger charge is -2.28. The third-order valence-corrected chi connectivity index (χ3v) is 10.3. The Balaban J connectivity index is 2.39. The first-order valence-corrected chi connectivity index (χ1v) is 22.4. The quantitative estimate of drug-likeness (QED) is 0.0198. The lowest BCUT2D eigenvalue weighted by molar-refractivity contribution is -0.459. The van der Waals surface area contributed by atoms with Crippen molar-refractivity contribution in [2.24, 2.45) is 34.8 Å². The maximum atomic E-state index is 14.1. The number of phenols is 1. The summed E-state index contributed by atoms with van der Waals surface area (Å²) in [6.45, 7) is 5.79. The van der Waals surface area contributed by atoms with E-state index in [2.05, 4.69) is 42.2 Å². The molecule has 0 saturated carbocycles. The first-order valence-electron chi connectivity index (χ1n) is 22.4. The van der Waals surface area contributed by atoms with E-state index in [1.54, 1.807) is 44.2 Å². The zero-order valence-electron chi connectivity index (χ0n) is 39.3. The molecular formula is C45H69N12O12+. The lowest BCUT2D eigenvalue weighted by atomic mass is 10.00. The average molecular weight is 970 g/mol. The van der Waals surface area contributed by atoms with Crippen LogP contribution in [-0.2, 0) is 56.0 Å². The van der Waals surface area contributed by atoms with Gasteiger partial charge in [0, 0.05) is 12.8 Å². The number of nitrogens with one attached hydrogen (secondary N) is 8. The smallest absolute Gasteiger partial charge is 0.338 e. The van der Waals surface area contributed by atoms with E-state index in [1.807, 2.05) is 13.8 Å². The minimum Gasteiger partial charge on any atom is -0.508 e. The Bertz CT molecular complexity index is 2080. The largest absolute Gasteiger partial charge is 0.508 e. The van der Waals surface area contributed by atoms with Gasteiger partial charge in [0.1, 0.15) is 42.0 Å². The molecule has 0 unspecified atom stereocenters. The second kappa shape index (κ2) is 29.4. The number of carboxylic acid groups (broad SMARTS) is 1. The summed E-state index contributed by atoms with van der Waals surface area (Å²) >= 11 is 0. The molecule has 24 heteroatoms. The summed E-state index contributed by atoms with van der Waals surface area (Å²) in [6.07, 6.45) is -0.610. The second-order valence-corrected chi connectivity index (χ2v) is 17.3. The SMILES string of the molecule is CC(C)C[C@H](NC(=O)CNC(=O)[C@H](Cc1ccccc1)NC(=O)[C@H](CO)NC(=O)[C@H](Cc1ccc(O)cc1)NC(=O)[C@H](CC(C)C)NC(=O)[C@H](CCC[NH+]=C(N)N)NC(=O)[C@@H](N)CC(=O)O)C(N)=O. The van der Waals surface area contributed by atoms with Crippen molar-refractivity contribution in [2.75, 3.05) is 19.7 Å². The highest BCUT2D eigenvalue weighted by molar-refractivity contribution is 5.97. The summed E-state index contributed by atoms with van der Waals surface area (Å²) in [5.74, 6) is -8.71. The number of carbonyl (C=O) groups excluding carboxylic acids is 8. The number of aromatic hydroxyl groups is 1. The summed E-state index contributed by atoms with van der Waals surface area (Å²) in [7, 11) is 0. The molecule has 0 spiro atoms. The Morgan fingerprint density at radius 3 is 1.61 bits per heavy atom. The monoisotopic (exact) mass is 970 g/mol. The molecule has 2 rings (SSSR count). The van der Waals surface area contributed by atoms with Gasteiger partial charge in [-0.2, -0.15) is 0 Å². The predicted molar refractivity (Wildman–Crippen MR) is 250 cm³/mol. The molecule has 0 saturated heterocycles. The van der Waals surface area contributed by atoms with Gasteiger partial charge >= 0.3 is 11.9 Å². The number of hydrogen-bond donors (Lipinski definition) is 15. The number of hydrogen-bond acceptors (Lipinski definition) is 12. The number of nitrogens with two attached hydrogens (primary N) is 4. The van der Waals surface area contributed by atoms with Gasteiger partial charge in [0.15, 0.2) is 0 Å². The standard InChI is InChI=1S/C45H68N12O12/c1-24(2)17-31(38(47)63)52-36(60)22-51-40(65)33(19-26-9-6-5-7-10-26)55-44(69)35(23-58)57-43(68)34(20-27-12-14-28(59)15-13-27)56-42(67)32(18-25(3)4)54-41(66)30(11-8-16-50-45(48)49)53-39(64)29(46)21-37(61)62/h5-7,9-10,12-15,24-25,29-35,58-59H,8,11,16-23,46H2,1-4H3,(H2,47,63)(H,51,65)(H,52,60)(H,53,64)(H,54,66)(H,55,69)(H,56,67)(H,57,68)(H,61,62)(H4,48,49,50)/p+1/t29-,30-,31-,32-,33-,34-,35-/m0/s1. The number of aliphatic carboxylic acids is 1. The highest BCUT2D eigenvalue weighted by atomic mass is 16.4. The predicted octanol–water partition coefficient (Wildman–Crippen LogP) is -5.29. The van der Waals surface area contributed by atoms with Crippen LogP contribution in [0.5, 0.6) is 5.75 Å². The number of benzene rings is 2. The summed E-state index contributed by atoms with van der Waals surface area (Å²) in [5, 5.41) is 46.9. The Hall–Kier alpha value is -7.34. The van der Waals surface area contributed by atoms with Gasteiger partial charge in [-0.05, 0) is 60.8 Å². The summed E-state index contributed by atoms with van der Waals surface area (Å²) in [5.41, 5.74) is 23.1. The fraction of sp³-hybridized carbons (Fsp3) is 0.511. The van der Waals surface area contributed by atoms with Gasteiger partial charge < -0.3 is 64.0 Å². The molecule has 7 atom stereocenters. The molecule has 0 aliphatic carbocycles. The van der Waals surface area contributed by atoms with Gasteiger partial charge in [-0.1, -0.05) is 70.2 Å². The maximum absolute atomic E-state index is 14.1. The first kappa shape index (κ1) is 57.8. The maximum Gasteiger partial charge on any atom is 0.338 e. The molecule has 0 aliphatic rings. The van der Waals surface area contributed by atoms with E-state index in [0.29, 0.717) is 11.1 Å². The van der Waals surface area contributed by atoms with Gasteiger partial charge in [-0.3, -0.25) is 59.6 Å². The fourth-order valence-electron chi connectivity index (χ4n) is 6.74. The van der Waals surface area contributed by atoms with Gasteiger partial charge in [0.05, 0.1) is 32.2 Å². The minimum absolute atomic E-state index is 0.0122. The van der Waals surface area contributed by atoms with Crippen molar-refractivity contribution < 1.29 is 63.5 Å². The van der Waals surface area contributed by atoms with E-state index in [1.165, 1.54) is 24.3 Å². The number of phenolic OH excluding ortho intramolecular Hbond substituents is 1. The lowest BCUT2D eigenvalue weighted by Crippen LogP contribution is -2.78. The zero-order chi connectivity index (χ0) is 51.8. The molecule has 0 bridgehead atoms. The number of guanidine groups is 1. The highest BCUT2D eigenvalue weighted by Crippen LogP contribution is 2.14. The summed E-state index contributed by atoms with van der Waals surface area (Å²) in [4.78, 5) is 121. The van der Waals surface area contributed by atoms with Crippen molar-refractivity contribution in [1.82, 2.24) is 37.2 Å². The van der Waals surface area contributed by atoms with Gasteiger partial charge in [-0.15, -0.1) is 0 Å². The molecule has 0 radical (unpaired) electrons. The van der Waals surface area contributed by atoms with Crippen LogP contribution in [0.2, 0.25) is 0 Å². The Kier molecular flexibility index (Phi) is 24.6. The van der Waals surface area contributed by atoms with E-state index >= 15 is 0 Å². The van der Waals surface area contributed by atoms with Crippen LogP contribution in [0.1, 0.15) is 70.9 Å².